The van der Waals surface area contributed by atoms with Gasteiger partial charge >= 0.3 is 0 Å². The molecule has 0 spiro atoms. The Bertz CT molecular complexity index is 637. The number of hydrogen-bond acceptors (Lipinski definition) is 5. The van der Waals surface area contributed by atoms with Crippen molar-refractivity contribution >= 4 is 0 Å². The zero-order valence-corrected chi connectivity index (χ0v) is 10.7. The molecule has 1 aromatic heterocycles. The highest BCUT2D eigenvalue weighted by Gasteiger charge is 2.14. The number of pyridine rings is 1. The van der Waals surface area contributed by atoms with Crippen LogP contribution in [0.3, 0.4) is 0 Å². The van der Waals surface area contributed by atoms with Gasteiger partial charge in [-0.3, -0.25) is 10.3 Å². The lowest BCUT2D eigenvalue weighted by atomic mass is 10.1. The largest absolute Gasteiger partial charge is 0.454 e. The maximum Gasteiger partial charge on any atom is 0.231 e. The van der Waals surface area contributed by atoms with Crippen LogP contribution in [0.2, 0.25) is 0 Å². The molecule has 1 atom stereocenters. The summed E-state index contributed by atoms with van der Waals surface area (Å²) in [6.45, 7) is 0.826. The minimum atomic E-state index is -0.429. The molecule has 0 saturated heterocycles. The van der Waals surface area contributed by atoms with Gasteiger partial charge in [-0.15, -0.1) is 0 Å². The van der Waals surface area contributed by atoms with E-state index in [0.29, 0.717) is 6.54 Å². The number of rotatable bonds is 4. The van der Waals surface area contributed by atoms with Gasteiger partial charge in [-0.2, -0.15) is 5.26 Å². The normalized spacial score (nSPS) is 13.8. The molecule has 5 nitrogen and oxygen atoms in total. The van der Waals surface area contributed by atoms with Crippen molar-refractivity contribution in [1.82, 2.24) is 10.3 Å². The van der Waals surface area contributed by atoms with Gasteiger partial charge < -0.3 is 9.47 Å². The number of hydrogen-bond donors (Lipinski definition) is 1. The molecular formula is C15H13N3O2. The topological polar surface area (TPSA) is 67.2 Å². The van der Waals surface area contributed by atoms with E-state index in [1.54, 1.807) is 6.20 Å². The quantitative estimate of drug-likeness (QED) is 0.919. The van der Waals surface area contributed by atoms with E-state index in [9.17, 15) is 5.26 Å². The molecule has 2 heterocycles. The second kappa shape index (κ2) is 5.59. The molecule has 0 bridgehead atoms. The van der Waals surface area contributed by atoms with Crippen molar-refractivity contribution in [2.75, 3.05) is 6.79 Å². The van der Waals surface area contributed by atoms with Crippen molar-refractivity contribution in [2.24, 2.45) is 0 Å². The summed E-state index contributed by atoms with van der Waals surface area (Å²) >= 11 is 0. The molecule has 3 rings (SSSR count). The molecule has 1 aliphatic heterocycles. The SMILES string of the molecule is N#CC(NCc1ccc2c(c1)OCO2)c1ccccn1. The highest BCUT2D eigenvalue weighted by Crippen LogP contribution is 2.32. The molecule has 5 heteroatoms. The number of nitrogens with one attached hydrogen (secondary N) is 1. The maximum atomic E-state index is 9.22. The van der Waals surface area contributed by atoms with Gasteiger partial charge in [-0.05, 0) is 29.8 Å². The maximum absolute atomic E-state index is 9.22. The highest BCUT2D eigenvalue weighted by molar-refractivity contribution is 5.44. The Kier molecular flexibility index (Phi) is 3.48. The molecule has 1 aromatic carbocycles. The zero-order valence-electron chi connectivity index (χ0n) is 10.7. The van der Waals surface area contributed by atoms with Crippen LogP contribution in [0.25, 0.3) is 0 Å². The van der Waals surface area contributed by atoms with Crippen molar-refractivity contribution in [1.29, 1.82) is 5.26 Å². The van der Waals surface area contributed by atoms with Crippen molar-refractivity contribution < 1.29 is 9.47 Å². The smallest absolute Gasteiger partial charge is 0.231 e. The first-order valence-electron chi connectivity index (χ1n) is 6.29. The van der Waals surface area contributed by atoms with Gasteiger partial charge in [-0.25, -0.2) is 0 Å². The molecule has 0 aliphatic carbocycles. The Morgan fingerprint density at radius 2 is 2.15 bits per heavy atom. The van der Waals surface area contributed by atoms with E-state index in [4.69, 9.17) is 9.47 Å². The lowest BCUT2D eigenvalue weighted by molar-refractivity contribution is 0.174. The van der Waals surface area contributed by atoms with E-state index >= 15 is 0 Å². The van der Waals surface area contributed by atoms with Crippen LogP contribution in [0.15, 0.2) is 42.6 Å². The third-order valence-electron chi connectivity index (χ3n) is 3.06. The molecule has 1 aliphatic rings. The summed E-state index contributed by atoms with van der Waals surface area (Å²) in [5, 5.41) is 12.4. The van der Waals surface area contributed by atoms with E-state index in [1.807, 2.05) is 36.4 Å². The van der Waals surface area contributed by atoms with Gasteiger partial charge in [0.15, 0.2) is 11.5 Å². The van der Waals surface area contributed by atoms with Crippen molar-refractivity contribution in [2.45, 2.75) is 12.6 Å². The highest BCUT2D eigenvalue weighted by atomic mass is 16.7. The van der Waals surface area contributed by atoms with Gasteiger partial charge in [-0.1, -0.05) is 12.1 Å². The lowest BCUT2D eigenvalue weighted by Crippen LogP contribution is -2.20. The van der Waals surface area contributed by atoms with Crippen LogP contribution in [0, 0.1) is 11.3 Å². The van der Waals surface area contributed by atoms with Crippen LogP contribution in [0.1, 0.15) is 17.3 Å². The summed E-state index contributed by atoms with van der Waals surface area (Å²) in [6, 6.07) is 13.1. The van der Waals surface area contributed by atoms with Crippen molar-refractivity contribution in [3.8, 4) is 17.6 Å². The van der Waals surface area contributed by atoms with E-state index in [2.05, 4.69) is 16.4 Å². The fourth-order valence-corrected chi connectivity index (χ4v) is 2.03. The number of nitrogens with zero attached hydrogens (tertiary/aromatic N) is 2. The minimum absolute atomic E-state index is 0.265. The molecule has 0 amide bonds. The third kappa shape index (κ3) is 2.56. The van der Waals surface area contributed by atoms with Gasteiger partial charge in [0, 0.05) is 12.7 Å². The molecular weight excluding hydrogens is 254 g/mol. The van der Waals surface area contributed by atoms with Gasteiger partial charge in [0.25, 0.3) is 0 Å². The minimum Gasteiger partial charge on any atom is -0.454 e. The lowest BCUT2D eigenvalue weighted by Gasteiger charge is -2.11. The second-order valence-electron chi connectivity index (χ2n) is 4.39. The van der Waals surface area contributed by atoms with Crippen LogP contribution in [0.5, 0.6) is 11.5 Å². The van der Waals surface area contributed by atoms with E-state index in [-0.39, 0.29) is 6.79 Å². The predicted octanol–water partition coefficient (Wildman–Crippen LogP) is 2.16. The van der Waals surface area contributed by atoms with Gasteiger partial charge in [0.2, 0.25) is 6.79 Å². The van der Waals surface area contributed by atoms with Gasteiger partial charge in [0.1, 0.15) is 6.04 Å². The van der Waals surface area contributed by atoms with E-state index < -0.39 is 6.04 Å². The second-order valence-corrected chi connectivity index (χ2v) is 4.39. The van der Waals surface area contributed by atoms with Gasteiger partial charge in [0.05, 0.1) is 11.8 Å². The molecule has 20 heavy (non-hydrogen) atoms. The van der Waals surface area contributed by atoms with Crippen LogP contribution >= 0.6 is 0 Å². The number of ether oxygens (including phenoxy) is 2. The van der Waals surface area contributed by atoms with Crippen LogP contribution in [0.4, 0.5) is 0 Å². The Labute approximate surface area is 116 Å². The number of nitriles is 1. The van der Waals surface area contributed by atoms with Crippen LogP contribution < -0.4 is 14.8 Å². The zero-order chi connectivity index (χ0) is 13.8. The number of benzene rings is 1. The standard InChI is InChI=1S/C15H13N3O2/c16-8-13(12-3-1-2-6-17-12)18-9-11-4-5-14-15(7-11)20-10-19-14/h1-7,13,18H,9-10H2. The van der Waals surface area contributed by atoms with Crippen molar-refractivity contribution in [3.63, 3.8) is 0 Å². The van der Waals surface area contributed by atoms with Crippen LogP contribution in [-0.2, 0) is 6.54 Å². The summed E-state index contributed by atoms with van der Waals surface area (Å²) in [5.74, 6) is 1.51. The summed E-state index contributed by atoms with van der Waals surface area (Å²) in [4.78, 5) is 4.19. The first-order chi connectivity index (χ1) is 9.86. The summed E-state index contributed by atoms with van der Waals surface area (Å²) in [6.07, 6.45) is 1.68. The summed E-state index contributed by atoms with van der Waals surface area (Å²) < 4.78 is 10.6. The monoisotopic (exact) mass is 267 g/mol. The molecule has 0 radical (unpaired) electrons. The van der Waals surface area contributed by atoms with E-state index in [1.165, 1.54) is 0 Å². The Balaban J connectivity index is 1.68. The summed E-state index contributed by atoms with van der Waals surface area (Å²) in [5.41, 5.74) is 1.75. The van der Waals surface area contributed by atoms with E-state index in [0.717, 1.165) is 22.8 Å². The third-order valence-corrected chi connectivity index (χ3v) is 3.06. The Morgan fingerprint density at radius 3 is 2.95 bits per heavy atom. The summed E-state index contributed by atoms with van der Waals surface area (Å²) in [7, 11) is 0. The molecule has 0 fully saturated rings. The average molecular weight is 267 g/mol. The molecule has 1 unspecified atom stereocenters. The first-order valence-corrected chi connectivity index (χ1v) is 6.29. The Morgan fingerprint density at radius 1 is 1.25 bits per heavy atom. The molecule has 0 saturated carbocycles. The molecule has 100 valence electrons. The fourth-order valence-electron chi connectivity index (χ4n) is 2.03. The van der Waals surface area contributed by atoms with Crippen LogP contribution in [-0.4, -0.2) is 11.8 Å². The molecule has 1 N–H and O–H groups in total. The molecule has 2 aromatic rings. The number of aromatic nitrogens is 1. The van der Waals surface area contributed by atoms with Crippen molar-refractivity contribution in [3.05, 3.63) is 53.9 Å². The Hall–Kier alpha value is -2.58. The fraction of sp³-hybridized carbons (Fsp3) is 0.200. The number of fused-ring (bicyclic) bond motifs is 1. The predicted molar refractivity (Wildman–Crippen MR) is 72.0 cm³/mol. The average Bonchev–Trinajstić information content (AvgIpc) is 2.96. The first kappa shape index (κ1) is 12.5.